The van der Waals surface area contributed by atoms with Crippen LogP contribution in [-0.4, -0.2) is 49.2 Å². The number of rotatable bonds is 5. The lowest BCUT2D eigenvalue weighted by Gasteiger charge is -2.17. The summed E-state index contributed by atoms with van der Waals surface area (Å²) in [5, 5.41) is 8.59. The molecular weight excluding hydrogens is 292 g/mol. The minimum Gasteiger partial charge on any atom is -0.338 e. The third kappa shape index (κ3) is 5.47. The van der Waals surface area contributed by atoms with Gasteiger partial charge in [0.05, 0.1) is 0 Å². The van der Waals surface area contributed by atoms with Gasteiger partial charge in [0.15, 0.2) is 0 Å². The Kier molecular flexibility index (Phi) is 6.26. The zero-order valence-electron chi connectivity index (χ0n) is 13.9. The van der Waals surface area contributed by atoms with Gasteiger partial charge in [-0.3, -0.25) is 0 Å². The maximum atomic E-state index is 11.9. The van der Waals surface area contributed by atoms with Crippen LogP contribution in [0, 0.1) is 6.92 Å². The predicted molar refractivity (Wildman–Crippen MR) is 90.5 cm³/mol. The first-order chi connectivity index (χ1) is 11.1. The summed E-state index contributed by atoms with van der Waals surface area (Å²) in [4.78, 5) is 25.4. The SMILES string of the molecule is CCNC(=O)N1CCC(NC(=O)NCCc2cccc(C)c2)C1. The van der Waals surface area contributed by atoms with E-state index in [0.29, 0.717) is 26.2 Å². The van der Waals surface area contributed by atoms with Crippen LogP contribution < -0.4 is 16.0 Å². The summed E-state index contributed by atoms with van der Waals surface area (Å²) >= 11 is 0. The minimum absolute atomic E-state index is 0.0246. The van der Waals surface area contributed by atoms with E-state index in [1.54, 1.807) is 4.90 Å². The average Bonchev–Trinajstić information content (AvgIpc) is 2.96. The first-order valence-corrected chi connectivity index (χ1v) is 8.21. The Hall–Kier alpha value is -2.24. The van der Waals surface area contributed by atoms with E-state index in [1.807, 2.05) is 13.0 Å². The van der Waals surface area contributed by atoms with Gasteiger partial charge in [0.25, 0.3) is 0 Å². The number of likely N-dealkylation sites (tertiary alicyclic amines) is 1. The summed E-state index contributed by atoms with van der Waals surface area (Å²) < 4.78 is 0. The second kappa shape index (κ2) is 8.41. The zero-order valence-corrected chi connectivity index (χ0v) is 13.9. The van der Waals surface area contributed by atoms with Crippen molar-refractivity contribution >= 4 is 12.1 Å². The maximum Gasteiger partial charge on any atom is 0.317 e. The Morgan fingerprint density at radius 3 is 2.87 bits per heavy atom. The molecule has 1 atom stereocenters. The molecule has 1 aromatic carbocycles. The molecule has 1 aromatic rings. The summed E-state index contributed by atoms with van der Waals surface area (Å²) in [7, 11) is 0. The quantitative estimate of drug-likeness (QED) is 0.772. The highest BCUT2D eigenvalue weighted by Crippen LogP contribution is 2.09. The normalized spacial score (nSPS) is 17.0. The van der Waals surface area contributed by atoms with Crippen LogP contribution in [0.1, 0.15) is 24.5 Å². The van der Waals surface area contributed by atoms with Crippen molar-refractivity contribution in [3.63, 3.8) is 0 Å². The summed E-state index contributed by atoms with van der Waals surface area (Å²) in [6, 6.07) is 8.08. The van der Waals surface area contributed by atoms with Gasteiger partial charge in [-0.15, -0.1) is 0 Å². The number of hydrogen-bond acceptors (Lipinski definition) is 2. The number of hydrogen-bond donors (Lipinski definition) is 3. The van der Waals surface area contributed by atoms with Crippen LogP contribution in [0.5, 0.6) is 0 Å². The van der Waals surface area contributed by atoms with Crippen molar-refractivity contribution in [2.45, 2.75) is 32.7 Å². The molecule has 0 radical (unpaired) electrons. The molecule has 1 aliphatic heterocycles. The molecule has 0 aromatic heterocycles. The van der Waals surface area contributed by atoms with Gasteiger partial charge in [-0.25, -0.2) is 9.59 Å². The van der Waals surface area contributed by atoms with Gasteiger partial charge in [0, 0.05) is 32.2 Å². The molecule has 1 fully saturated rings. The monoisotopic (exact) mass is 318 g/mol. The molecule has 1 aliphatic rings. The number of nitrogens with one attached hydrogen (secondary N) is 3. The highest BCUT2D eigenvalue weighted by molar-refractivity contribution is 5.76. The lowest BCUT2D eigenvalue weighted by atomic mass is 10.1. The van der Waals surface area contributed by atoms with Gasteiger partial charge in [-0.2, -0.15) is 0 Å². The highest BCUT2D eigenvalue weighted by Gasteiger charge is 2.26. The zero-order chi connectivity index (χ0) is 16.7. The largest absolute Gasteiger partial charge is 0.338 e. The number of aryl methyl sites for hydroxylation is 1. The first-order valence-electron chi connectivity index (χ1n) is 8.21. The van der Waals surface area contributed by atoms with Crippen LogP contribution >= 0.6 is 0 Å². The summed E-state index contributed by atoms with van der Waals surface area (Å²) in [5.41, 5.74) is 2.44. The molecule has 4 amide bonds. The summed E-state index contributed by atoms with van der Waals surface area (Å²) in [6.45, 7) is 6.42. The van der Waals surface area contributed by atoms with E-state index in [-0.39, 0.29) is 18.1 Å². The van der Waals surface area contributed by atoms with Crippen molar-refractivity contribution in [2.24, 2.45) is 0 Å². The van der Waals surface area contributed by atoms with Crippen molar-refractivity contribution in [3.8, 4) is 0 Å². The topological polar surface area (TPSA) is 73.5 Å². The van der Waals surface area contributed by atoms with Crippen molar-refractivity contribution < 1.29 is 9.59 Å². The van der Waals surface area contributed by atoms with Gasteiger partial charge in [0.1, 0.15) is 0 Å². The van der Waals surface area contributed by atoms with E-state index in [1.165, 1.54) is 11.1 Å². The van der Waals surface area contributed by atoms with Crippen LogP contribution in [-0.2, 0) is 6.42 Å². The third-order valence-corrected chi connectivity index (χ3v) is 3.92. The lowest BCUT2D eigenvalue weighted by Crippen LogP contribution is -2.45. The van der Waals surface area contributed by atoms with E-state index in [2.05, 4.69) is 41.1 Å². The van der Waals surface area contributed by atoms with E-state index < -0.39 is 0 Å². The number of benzene rings is 1. The van der Waals surface area contributed by atoms with Crippen LogP contribution in [0.25, 0.3) is 0 Å². The number of carbonyl (C=O) groups excluding carboxylic acids is 2. The molecule has 1 saturated heterocycles. The predicted octanol–water partition coefficient (Wildman–Crippen LogP) is 1.64. The summed E-state index contributed by atoms with van der Waals surface area (Å²) in [6.07, 6.45) is 1.60. The Balaban J connectivity index is 1.66. The van der Waals surface area contributed by atoms with E-state index >= 15 is 0 Å². The van der Waals surface area contributed by atoms with Crippen LogP contribution in [0.3, 0.4) is 0 Å². The molecule has 0 spiro atoms. The standard InChI is InChI=1S/C17H26N4O2/c1-3-18-17(23)21-10-8-15(12-21)20-16(22)19-9-7-14-6-4-5-13(2)11-14/h4-6,11,15H,3,7-10,12H2,1-2H3,(H,18,23)(H2,19,20,22). The van der Waals surface area contributed by atoms with Crippen LogP contribution in [0.4, 0.5) is 9.59 Å². The van der Waals surface area contributed by atoms with Gasteiger partial charge in [-0.1, -0.05) is 29.8 Å². The van der Waals surface area contributed by atoms with Gasteiger partial charge >= 0.3 is 12.1 Å². The molecular formula is C17H26N4O2. The number of urea groups is 2. The molecule has 2 rings (SSSR count). The molecule has 1 unspecified atom stereocenters. The Bertz CT molecular complexity index is 547. The fourth-order valence-electron chi connectivity index (χ4n) is 2.75. The van der Waals surface area contributed by atoms with Crippen molar-refractivity contribution in [2.75, 3.05) is 26.2 Å². The van der Waals surface area contributed by atoms with Gasteiger partial charge < -0.3 is 20.9 Å². The number of nitrogens with zero attached hydrogens (tertiary/aromatic N) is 1. The molecule has 0 bridgehead atoms. The maximum absolute atomic E-state index is 11.9. The number of carbonyl (C=O) groups is 2. The second-order valence-electron chi connectivity index (χ2n) is 5.91. The fraction of sp³-hybridized carbons (Fsp3) is 0.529. The second-order valence-corrected chi connectivity index (χ2v) is 5.91. The molecule has 1 heterocycles. The first kappa shape index (κ1) is 17.1. The van der Waals surface area contributed by atoms with Gasteiger partial charge in [0.2, 0.25) is 0 Å². The van der Waals surface area contributed by atoms with Crippen molar-refractivity contribution in [1.29, 1.82) is 0 Å². The molecule has 6 heteroatoms. The van der Waals surface area contributed by atoms with Crippen LogP contribution in [0.15, 0.2) is 24.3 Å². The van der Waals surface area contributed by atoms with Crippen molar-refractivity contribution in [3.05, 3.63) is 35.4 Å². The lowest BCUT2D eigenvalue weighted by molar-refractivity contribution is 0.207. The Morgan fingerprint density at radius 1 is 1.30 bits per heavy atom. The van der Waals surface area contributed by atoms with E-state index in [9.17, 15) is 9.59 Å². The molecule has 23 heavy (non-hydrogen) atoms. The highest BCUT2D eigenvalue weighted by atomic mass is 16.2. The number of amides is 4. The average molecular weight is 318 g/mol. The smallest absolute Gasteiger partial charge is 0.317 e. The Labute approximate surface area is 137 Å². The van der Waals surface area contributed by atoms with E-state index in [4.69, 9.17) is 0 Å². The molecule has 0 saturated carbocycles. The summed E-state index contributed by atoms with van der Waals surface area (Å²) in [5.74, 6) is 0. The van der Waals surface area contributed by atoms with Gasteiger partial charge in [-0.05, 0) is 32.3 Å². The Morgan fingerprint density at radius 2 is 2.13 bits per heavy atom. The molecule has 0 aliphatic carbocycles. The van der Waals surface area contributed by atoms with Crippen molar-refractivity contribution in [1.82, 2.24) is 20.9 Å². The fourth-order valence-corrected chi connectivity index (χ4v) is 2.75. The minimum atomic E-state index is -0.166. The third-order valence-electron chi connectivity index (χ3n) is 3.92. The molecule has 3 N–H and O–H groups in total. The van der Waals surface area contributed by atoms with Crippen LogP contribution in [0.2, 0.25) is 0 Å². The molecule has 6 nitrogen and oxygen atoms in total. The van der Waals surface area contributed by atoms with E-state index in [0.717, 1.165) is 12.8 Å². The molecule has 126 valence electrons.